The summed E-state index contributed by atoms with van der Waals surface area (Å²) in [6, 6.07) is 4.12. The molecule has 4 heteroatoms. The summed E-state index contributed by atoms with van der Waals surface area (Å²) in [5, 5.41) is 12.9. The number of carbonyl (C=O) groups excluding carboxylic acids is 1. The van der Waals surface area contributed by atoms with Crippen LogP contribution in [0.2, 0.25) is 0 Å². The third kappa shape index (κ3) is 1.88. The Hall–Kier alpha value is -1.34. The zero-order valence-corrected chi connectivity index (χ0v) is 9.38. The molecule has 0 saturated heterocycles. The lowest BCUT2D eigenvalue weighted by Gasteiger charge is -2.18. The minimum atomic E-state index is -0.690. The molecule has 1 amide bonds. The van der Waals surface area contributed by atoms with Gasteiger partial charge >= 0.3 is 0 Å². The Kier molecular flexibility index (Phi) is 2.49. The van der Waals surface area contributed by atoms with Gasteiger partial charge in [-0.05, 0) is 35.2 Å². The van der Waals surface area contributed by atoms with Gasteiger partial charge in [-0.2, -0.15) is 16.6 Å². The van der Waals surface area contributed by atoms with Crippen LogP contribution in [0.5, 0.6) is 0 Å². The number of rotatable bonds is 3. The Bertz CT molecular complexity index is 401. The highest BCUT2D eigenvalue weighted by molar-refractivity contribution is 7.07. The number of nitriles is 1. The first-order valence-electron chi connectivity index (χ1n) is 4.86. The molecule has 1 aromatic rings. The second kappa shape index (κ2) is 3.67. The molecule has 3 nitrogen and oxygen atoms in total. The second-order valence-electron chi connectivity index (χ2n) is 3.99. The number of hydrogen-bond donors (Lipinski definition) is 0. The predicted octanol–water partition coefficient (Wildman–Crippen LogP) is 2.01. The molecule has 0 radical (unpaired) electrons. The quantitative estimate of drug-likeness (QED) is 0.782. The van der Waals surface area contributed by atoms with Gasteiger partial charge in [-0.1, -0.05) is 0 Å². The van der Waals surface area contributed by atoms with E-state index in [0.717, 1.165) is 18.4 Å². The van der Waals surface area contributed by atoms with E-state index in [-0.39, 0.29) is 5.91 Å². The van der Waals surface area contributed by atoms with Crippen LogP contribution in [0.25, 0.3) is 0 Å². The molecular formula is C11H12N2OS. The zero-order chi connectivity index (χ0) is 10.9. The average molecular weight is 220 g/mol. The van der Waals surface area contributed by atoms with Crippen molar-refractivity contribution in [3.8, 4) is 6.07 Å². The number of amides is 1. The van der Waals surface area contributed by atoms with E-state index in [1.54, 1.807) is 23.3 Å². The van der Waals surface area contributed by atoms with E-state index in [1.807, 2.05) is 16.8 Å². The first-order chi connectivity index (χ1) is 7.18. The maximum absolute atomic E-state index is 11.9. The topological polar surface area (TPSA) is 44.1 Å². The van der Waals surface area contributed by atoms with E-state index in [1.165, 1.54) is 0 Å². The molecule has 78 valence electrons. The van der Waals surface area contributed by atoms with Gasteiger partial charge in [0.2, 0.25) is 5.91 Å². The normalized spacial score (nSPS) is 16.8. The molecule has 15 heavy (non-hydrogen) atoms. The number of hydrogen-bond acceptors (Lipinski definition) is 3. The lowest BCUT2D eigenvalue weighted by Crippen LogP contribution is -2.32. The lowest BCUT2D eigenvalue weighted by atomic mass is 10.1. The predicted molar refractivity (Wildman–Crippen MR) is 58.1 cm³/mol. The van der Waals surface area contributed by atoms with Crippen LogP contribution in [0.15, 0.2) is 16.8 Å². The second-order valence-corrected chi connectivity index (χ2v) is 4.77. The molecule has 1 aliphatic rings. The standard InChI is InChI=1S/C11H12N2OS/c1-13(6-9-2-5-15-7-9)10(14)11(8-12)3-4-11/h2,5,7H,3-4,6H2,1H3. The fourth-order valence-electron chi connectivity index (χ4n) is 1.59. The van der Waals surface area contributed by atoms with Crippen LogP contribution in [-0.4, -0.2) is 17.9 Å². The minimum Gasteiger partial charge on any atom is -0.340 e. The molecule has 0 bridgehead atoms. The summed E-state index contributed by atoms with van der Waals surface area (Å²) >= 11 is 1.62. The van der Waals surface area contributed by atoms with Gasteiger partial charge in [-0.15, -0.1) is 0 Å². The first kappa shape index (κ1) is 10.2. The van der Waals surface area contributed by atoms with Gasteiger partial charge in [0.15, 0.2) is 0 Å². The molecule has 1 saturated carbocycles. The van der Waals surface area contributed by atoms with Gasteiger partial charge < -0.3 is 4.90 Å². The van der Waals surface area contributed by atoms with E-state index >= 15 is 0 Å². The molecule has 0 atom stereocenters. The van der Waals surface area contributed by atoms with Crippen LogP contribution < -0.4 is 0 Å². The molecule has 0 N–H and O–H groups in total. The van der Waals surface area contributed by atoms with E-state index in [9.17, 15) is 4.79 Å². The lowest BCUT2D eigenvalue weighted by molar-refractivity contribution is -0.134. The average Bonchev–Trinajstić information content (AvgIpc) is 2.89. The fraction of sp³-hybridized carbons (Fsp3) is 0.455. The van der Waals surface area contributed by atoms with Crippen LogP contribution in [0.1, 0.15) is 18.4 Å². The molecule has 1 heterocycles. The SMILES string of the molecule is CN(Cc1ccsc1)C(=O)C1(C#N)CC1. The highest BCUT2D eigenvalue weighted by atomic mass is 32.1. The van der Waals surface area contributed by atoms with Crippen LogP contribution in [0.4, 0.5) is 0 Å². The van der Waals surface area contributed by atoms with Gasteiger partial charge in [0.1, 0.15) is 5.41 Å². The minimum absolute atomic E-state index is 0.0313. The number of nitrogens with zero attached hydrogens (tertiary/aromatic N) is 2. The summed E-state index contributed by atoms with van der Waals surface area (Å²) in [5.74, 6) is -0.0313. The Balaban J connectivity index is 2.00. The van der Waals surface area contributed by atoms with E-state index in [2.05, 4.69) is 6.07 Å². The van der Waals surface area contributed by atoms with Crippen molar-refractivity contribution in [2.75, 3.05) is 7.05 Å². The molecule has 0 spiro atoms. The molecule has 0 unspecified atom stereocenters. The largest absolute Gasteiger partial charge is 0.340 e. The maximum atomic E-state index is 11.9. The van der Waals surface area contributed by atoms with Crippen molar-refractivity contribution in [2.45, 2.75) is 19.4 Å². The van der Waals surface area contributed by atoms with Crippen LogP contribution >= 0.6 is 11.3 Å². The van der Waals surface area contributed by atoms with Crippen LogP contribution in [-0.2, 0) is 11.3 Å². The summed E-state index contributed by atoms with van der Waals surface area (Å²) in [6.45, 7) is 0.603. The van der Waals surface area contributed by atoms with Crippen molar-refractivity contribution in [1.82, 2.24) is 4.90 Å². The maximum Gasteiger partial charge on any atom is 0.243 e. The van der Waals surface area contributed by atoms with Crippen LogP contribution in [0.3, 0.4) is 0 Å². The Morgan fingerprint density at radius 3 is 2.93 bits per heavy atom. The summed E-state index contributed by atoms with van der Waals surface area (Å²) < 4.78 is 0. The number of carbonyl (C=O) groups is 1. The molecule has 1 aliphatic carbocycles. The molecule has 1 fully saturated rings. The van der Waals surface area contributed by atoms with Crippen LogP contribution in [0, 0.1) is 16.7 Å². The summed E-state index contributed by atoms with van der Waals surface area (Å²) in [5.41, 5.74) is 0.440. The molecule has 1 aromatic heterocycles. The first-order valence-corrected chi connectivity index (χ1v) is 5.80. The molecular weight excluding hydrogens is 208 g/mol. The van der Waals surface area contributed by atoms with Gasteiger partial charge in [0.05, 0.1) is 6.07 Å². The van der Waals surface area contributed by atoms with E-state index in [0.29, 0.717) is 6.54 Å². The highest BCUT2D eigenvalue weighted by Gasteiger charge is 2.51. The summed E-state index contributed by atoms with van der Waals surface area (Å²) in [7, 11) is 1.76. The van der Waals surface area contributed by atoms with Crippen molar-refractivity contribution in [3.05, 3.63) is 22.4 Å². The zero-order valence-electron chi connectivity index (χ0n) is 8.56. The number of thiophene rings is 1. The third-order valence-electron chi connectivity index (χ3n) is 2.72. The van der Waals surface area contributed by atoms with Crippen molar-refractivity contribution >= 4 is 17.2 Å². The van der Waals surface area contributed by atoms with E-state index in [4.69, 9.17) is 5.26 Å². The van der Waals surface area contributed by atoms with Gasteiger partial charge in [0, 0.05) is 13.6 Å². The van der Waals surface area contributed by atoms with E-state index < -0.39 is 5.41 Å². The Labute approximate surface area is 92.9 Å². The Morgan fingerprint density at radius 1 is 1.73 bits per heavy atom. The Morgan fingerprint density at radius 2 is 2.47 bits per heavy atom. The monoisotopic (exact) mass is 220 g/mol. The smallest absolute Gasteiger partial charge is 0.243 e. The third-order valence-corrected chi connectivity index (χ3v) is 3.45. The van der Waals surface area contributed by atoms with Gasteiger partial charge in [-0.25, -0.2) is 0 Å². The van der Waals surface area contributed by atoms with Gasteiger partial charge in [-0.3, -0.25) is 4.79 Å². The molecule has 0 aliphatic heterocycles. The molecule has 0 aromatic carbocycles. The van der Waals surface area contributed by atoms with Crippen molar-refractivity contribution in [2.24, 2.45) is 5.41 Å². The highest BCUT2D eigenvalue weighted by Crippen LogP contribution is 2.46. The van der Waals surface area contributed by atoms with Crippen molar-refractivity contribution in [1.29, 1.82) is 5.26 Å². The van der Waals surface area contributed by atoms with Crippen molar-refractivity contribution in [3.63, 3.8) is 0 Å². The van der Waals surface area contributed by atoms with Gasteiger partial charge in [0.25, 0.3) is 0 Å². The van der Waals surface area contributed by atoms with Crippen molar-refractivity contribution < 1.29 is 4.79 Å². The fourth-order valence-corrected chi connectivity index (χ4v) is 2.25. The summed E-state index contributed by atoms with van der Waals surface area (Å²) in [4.78, 5) is 13.5. The molecule has 2 rings (SSSR count). The summed E-state index contributed by atoms with van der Waals surface area (Å²) in [6.07, 6.45) is 1.44.